The number of rotatable bonds is 6. The van der Waals surface area contributed by atoms with E-state index in [-0.39, 0.29) is 32.5 Å². The first kappa shape index (κ1) is 25.6. The lowest BCUT2D eigenvalue weighted by molar-refractivity contribution is -0.122. The average Bonchev–Trinajstić information content (AvgIpc) is 2.83. The molecule has 4 rings (SSSR count). The summed E-state index contributed by atoms with van der Waals surface area (Å²) in [6.07, 6.45) is 1.05. The number of anilines is 1. The summed E-state index contributed by atoms with van der Waals surface area (Å²) in [7, 11) is -4.28. The van der Waals surface area contributed by atoms with Crippen molar-refractivity contribution in [2.75, 3.05) is 4.90 Å². The van der Waals surface area contributed by atoms with Crippen molar-refractivity contribution in [2.24, 2.45) is 0 Å². The summed E-state index contributed by atoms with van der Waals surface area (Å²) in [5.41, 5.74) is 0.250. The van der Waals surface area contributed by atoms with Crippen LogP contribution in [0.2, 0.25) is 5.02 Å². The van der Waals surface area contributed by atoms with Crippen LogP contribution < -0.4 is 14.4 Å². The maximum Gasteiger partial charge on any atom is 0.339 e. The van der Waals surface area contributed by atoms with Crippen molar-refractivity contribution < 1.29 is 36.9 Å². The Balaban J connectivity index is 1.72. The molecule has 4 amide bonds. The SMILES string of the molecule is Cc1ccc(S(=O)(=O)Oc2ccc(Cl)cc2/C=C2\C(=O)NC(=O)N(c3ccc(C(=O)O)cc3)C2=O)cc1. The summed E-state index contributed by atoms with van der Waals surface area (Å²) >= 11 is 6.07. The number of barbiturate groups is 1. The Morgan fingerprint density at radius 1 is 1.00 bits per heavy atom. The van der Waals surface area contributed by atoms with Crippen LogP contribution in [0.15, 0.2) is 77.2 Å². The van der Waals surface area contributed by atoms with Crippen molar-refractivity contribution in [2.45, 2.75) is 11.8 Å². The molecule has 3 aromatic carbocycles. The van der Waals surface area contributed by atoms with Gasteiger partial charge in [-0.05, 0) is 67.6 Å². The molecule has 37 heavy (non-hydrogen) atoms. The van der Waals surface area contributed by atoms with Crippen molar-refractivity contribution in [1.82, 2.24) is 5.32 Å². The molecule has 0 saturated carbocycles. The number of urea groups is 1. The van der Waals surface area contributed by atoms with E-state index in [1.54, 1.807) is 19.1 Å². The van der Waals surface area contributed by atoms with Crippen LogP contribution in [0.3, 0.4) is 0 Å². The van der Waals surface area contributed by atoms with Crippen LogP contribution in [-0.2, 0) is 19.7 Å². The van der Waals surface area contributed by atoms with E-state index in [9.17, 15) is 27.6 Å². The van der Waals surface area contributed by atoms with Gasteiger partial charge in [0.05, 0.1) is 11.3 Å². The summed E-state index contributed by atoms with van der Waals surface area (Å²) in [6, 6.07) is 13.7. The van der Waals surface area contributed by atoms with Crippen molar-refractivity contribution in [3.05, 3.63) is 94.0 Å². The second kappa shape index (κ2) is 9.88. The standard InChI is InChI=1S/C25H17ClN2O8S/c1-14-2-9-19(10-3-14)37(34,35)36-21-11-6-17(26)12-16(21)13-20-22(29)27-25(33)28(23(20)30)18-7-4-15(5-8-18)24(31)32/h2-13H,1H3,(H,31,32)(H,27,29,33)/b20-13+. The largest absolute Gasteiger partial charge is 0.478 e. The zero-order valence-corrected chi connectivity index (χ0v) is 20.5. The number of halogens is 1. The number of carboxylic acids is 1. The number of nitrogens with one attached hydrogen (secondary N) is 1. The zero-order valence-electron chi connectivity index (χ0n) is 19.0. The minimum absolute atomic E-state index is 0.00964. The van der Waals surface area contributed by atoms with Gasteiger partial charge in [0.2, 0.25) is 0 Å². The first-order valence-corrected chi connectivity index (χ1v) is 12.3. The molecule has 12 heteroatoms. The molecule has 1 aliphatic rings. The van der Waals surface area contributed by atoms with Crippen molar-refractivity contribution in [1.29, 1.82) is 0 Å². The number of amides is 4. The van der Waals surface area contributed by atoms with Gasteiger partial charge in [-0.3, -0.25) is 14.9 Å². The molecule has 1 fully saturated rings. The third-order valence-corrected chi connectivity index (χ3v) is 6.74. The smallest absolute Gasteiger partial charge is 0.339 e. The van der Waals surface area contributed by atoms with Gasteiger partial charge >= 0.3 is 22.1 Å². The highest BCUT2D eigenvalue weighted by molar-refractivity contribution is 7.87. The van der Waals surface area contributed by atoms with Gasteiger partial charge in [0.1, 0.15) is 16.2 Å². The quantitative estimate of drug-likeness (QED) is 0.273. The van der Waals surface area contributed by atoms with Gasteiger partial charge in [0.25, 0.3) is 11.8 Å². The van der Waals surface area contributed by atoms with E-state index in [1.807, 2.05) is 5.32 Å². The molecule has 0 unspecified atom stereocenters. The van der Waals surface area contributed by atoms with Gasteiger partial charge in [0, 0.05) is 10.6 Å². The molecule has 3 aromatic rings. The first-order chi connectivity index (χ1) is 17.5. The number of hydrogen-bond donors (Lipinski definition) is 2. The molecule has 0 radical (unpaired) electrons. The fourth-order valence-electron chi connectivity index (χ4n) is 3.38. The zero-order chi connectivity index (χ0) is 26.9. The molecule has 0 aliphatic carbocycles. The van der Waals surface area contributed by atoms with Gasteiger partial charge in [-0.1, -0.05) is 29.3 Å². The Bertz CT molecular complexity index is 1580. The lowest BCUT2D eigenvalue weighted by Gasteiger charge is -2.26. The molecule has 0 aromatic heterocycles. The highest BCUT2D eigenvalue weighted by Crippen LogP contribution is 2.30. The van der Waals surface area contributed by atoms with Crippen molar-refractivity contribution in [3.8, 4) is 5.75 Å². The first-order valence-electron chi connectivity index (χ1n) is 10.5. The highest BCUT2D eigenvalue weighted by atomic mass is 35.5. The molecule has 0 atom stereocenters. The monoisotopic (exact) mass is 540 g/mol. The van der Waals surface area contributed by atoms with Gasteiger partial charge in [0.15, 0.2) is 0 Å². The van der Waals surface area contributed by atoms with E-state index >= 15 is 0 Å². The van der Waals surface area contributed by atoms with Crippen LogP contribution in [0.1, 0.15) is 21.5 Å². The third kappa shape index (κ3) is 5.37. The Kier molecular flexibility index (Phi) is 6.84. The maximum atomic E-state index is 13.2. The number of imide groups is 2. The molecule has 1 heterocycles. The normalized spacial score (nSPS) is 15.0. The molecule has 0 bridgehead atoms. The van der Waals surface area contributed by atoms with Crippen LogP contribution in [0.4, 0.5) is 10.5 Å². The Morgan fingerprint density at radius 2 is 1.65 bits per heavy atom. The molecule has 10 nitrogen and oxygen atoms in total. The second-order valence-electron chi connectivity index (χ2n) is 7.84. The average molecular weight is 541 g/mol. The maximum absolute atomic E-state index is 13.2. The van der Waals surface area contributed by atoms with Crippen LogP contribution in [0.5, 0.6) is 5.75 Å². The topological polar surface area (TPSA) is 147 Å². The van der Waals surface area contributed by atoms with Crippen LogP contribution in [0, 0.1) is 6.92 Å². The van der Waals surface area contributed by atoms with Crippen LogP contribution >= 0.6 is 11.6 Å². The Labute approximate surface area is 215 Å². The fourth-order valence-corrected chi connectivity index (χ4v) is 4.51. The number of aryl methyl sites for hydroxylation is 1. The lowest BCUT2D eigenvalue weighted by Crippen LogP contribution is -2.54. The lowest BCUT2D eigenvalue weighted by atomic mass is 10.1. The summed E-state index contributed by atoms with van der Waals surface area (Å²) < 4.78 is 30.9. The molecule has 1 saturated heterocycles. The van der Waals surface area contributed by atoms with E-state index < -0.39 is 39.5 Å². The van der Waals surface area contributed by atoms with Gasteiger partial charge in [-0.15, -0.1) is 0 Å². The number of carbonyl (C=O) groups is 4. The van der Waals surface area contributed by atoms with E-state index in [2.05, 4.69) is 0 Å². The highest BCUT2D eigenvalue weighted by Gasteiger charge is 2.37. The summed E-state index contributed by atoms with van der Waals surface area (Å²) in [6.45, 7) is 1.79. The second-order valence-corrected chi connectivity index (χ2v) is 9.83. The van der Waals surface area contributed by atoms with E-state index in [0.717, 1.165) is 11.6 Å². The molecule has 2 N–H and O–H groups in total. The molecular formula is C25H17ClN2O8S. The predicted molar refractivity (Wildman–Crippen MR) is 133 cm³/mol. The number of nitrogens with zero attached hydrogens (tertiary/aromatic N) is 1. The summed E-state index contributed by atoms with van der Waals surface area (Å²) in [5.74, 6) is -3.47. The van der Waals surface area contributed by atoms with Crippen molar-refractivity contribution >= 4 is 57.3 Å². The van der Waals surface area contributed by atoms with Crippen LogP contribution in [0.25, 0.3) is 6.08 Å². The van der Waals surface area contributed by atoms with Crippen molar-refractivity contribution in [3.63, 3.8) is 0 Å². The van der Waals surface area contributed by atoms with E-state index in [1.165, 1.54) is 54.6 Å². The van der Waals surface area contributed by atoms with Crippen LogP contribution in [-0.4, -0.2) is 37.3 Å². The van der Waals surface area contributed by atoms with E-state index in [4.69, 9.17) is 20.9 Å². The molecule has 188 valence electrons. The number of benzene rings is 3. The summed E-state index contributed by atoms with van der Waals surface area (Å²) in [5, 5.41) is 11.3. The Morgan fingerprint density at radius 3 is 2.27 bits per heavy atom. The van der Waals surface area contributed by atoms with E-state index in [0.29, 0.717) is 4.90 Å². The van der Waals surface area contributed by atoms with Gasteiger partial charge < -0.3 is 9.29 Å². The number of hydrogen-bond acceptors (Lipinski definition) is 7. The third-order valence-electron chi connectivity index (χ3n) is 5.25. The van der Waals surface area contributed by atoms with Gasteiger partial charge in [-0.2, -0.15) is 8.42 Å². The number of carboxylic acid groups (broad SMARTS) is 1. The minimum atomic E-state index is -4.28. The molecule has 1 aliphatic heterocycles. The minimum Gasteiger partial charge on any atom is -0.478 e. The Hall–Kier alpha value is -4.48. The molecular weight excluding hydrogens is 524 g/mol. The number of carbonyl (C=O) groups excluding carboxylic acids is 3. The predicted octanol–water partition coefficient (Wildman–Crippen LogP) is 3.78. The fraction of sp³-hybridized carbons (Fsp3) is 0.0400. The van der Waals surface area contributed by atoms with Gasteiger partial charge in [-0.25, -0.2) is 14.5 Å². The molecule has 0 spiro atoms. The number of aromatic carboxylic acids is 1. The summed E-state index contributed by atoms with van der Waals surface area (Å²) in [4.78, 5) is 49.8.